The van der Waals surface area contributed by atoms with E-state index in [1.54, 1.807) is 7.11 Å². The summed E-state index contributed by atoms with van der Waals surface area (Å²) in [6.45, 7) is 6.97. The second-order valence-corrected chi connectivity index (χ2v) is 5.87. The van der Waals surface area contributed by atoms with Crippen molar-refractivity contribution in [2.75, 3.05) is 7.11 Å². The van der Waals surface area contributed by atoms with Crippen LogP contribution >= 0.6 is 15.9 Å². The highest BCUT2D eigenvalue weighted by atomic mass is 79.9. The molecule has 2 heterocycles. The fraction of sp³-hybridized carbons (Fsp3) is 0.500. The van der Waals surface area contributed by atoms with E-state index in [2.05, 4.69) is 46.3 Å². The van der Waals surface area contributed by atoms with Gasteiger partial charge in [0.05, 0.1) is 12.2 Å². The molecule has 0 radical (unpaired) electrons. The molecule has 1 N–H and O–H groups in total. The fourth-order valence-electron chi connectivity index (χ4n) is 2.47. The highest BCUT2D eigenvalue weighted by Crippen LogP contribution is 2.31. The number of aromatic nitrogens is 2. The summed E-state index contributed by atoms with van der Waals surface area (Å²) in [4.78, 5) is 0. The zero-order valence-corrected chi connectivity index (χ0v) is 13.4. The van der Waals surface area contributed by atoms with Gasteiger partial charge in [-0.2, -0.15) is 5.10 Å². The second-order valence-electron chi connectivity index (χ2n) is 5.06. The molecule has 0 saturated carbocycles. The molecule has 0 aliphatic carbocycles. The van der Waals surface area contributed by atoms with Crippen LogP contribution in [0.25, 0.3) is 0 Å². The van der Waals surface area contributed by atoms with Gasteiger partial charge in [-0.15, -0.1) is 0 Å². The smallest absolute Gasteiger partial charge is 0.164 e. The van der Waals surface area contributed by atoms with E-state index in [0.29, 0.717) is 12.5 Å². The zero-order chi connectivity index (χ0) is 14.0. The first kappa shape index (κ1) is 14.3. The van der Waals surface area contributed by atoms with E-state index in [9.17, 15) is 0 Å². The first-order valence-electron chi connectivity index (χ1n) is 6.38. The number of hydrogen-bond acceptors (Lipinski definition) is 3. The van der Waals surface area contributed by atoms with Gasteiger partial charge in [0, 0.05) is 18.6 Å². The maximum Gasteiger partial charge on any atom is 0.164 e. The van der Waals surface area contributed by atoms with Crippen LogP contribution in [0.15, 0.2) is 34.6 Å². The number of hydrogen-bond donors (Lipinski definition) is 1. The molecule has 5 heteroatoms. The van der Waals surface area contributed by atoms with Crippen molar-refractivity contribution in [2.45, 2.75) is 33.0 Å². The Bertz CT molecular complexity index is 519. The number of allylic oxidation sites excluding steroid dienone is 2. The summed E-state index contributed by atoms with van der Waals surface area (Å²) in [6, 6.07) is 2.01. The van der Waals surface area contributed by atoms with Gasteiger partial charge in [-0.1, -0.05) is 19.9 Å². The molecule has 1 unspecified atom stereocenters. The van der Waals surface area contributed by atoms with Crippen molar-refractivity contribution < 1.29 is 4.74 Å². The Hall–Kier alpha value is -1.07. The molecular weight excluding hydrogens is 306 g/mol. The van der Waals surface area contributed by atoms with E-state index in [4.69, 9.17) is 4.74 Å². The third kappa shape index (κ3) is 2.62. The Morgan fingerprint density at radius 2 is 2.26 bits per heavy atom. The Balaban J connectivity index is 2.33. The number of nitrogens with one attached hydrogen (secondary N) is 1. The number of rotatable bonds is 4. The van der Waals surface area contributed by atoms with Gasteiger partial charge in [0.15, 0.2) is 5.72 Å². The van der Waals surface area contributed by atoms with Gasteiger partial charge in [0.25, 0.3) is 0 Å². The van der Waals surface area contributed by atoms with Crippen molar-refractivity contribution in [3.63, 3.8) is 0 Å². The second kappa shape index (κ2) is 5.51. The van der Waals surface area contributed by atoms with Gasteiger partial charge in [0.1, 0.15) is 4.60 Å². The fourth-order valence-corrected chi connectivity index (χ4v) is 3.01. The summed E-state index contributed by atoms with van der Waals surface area (Å²) in [5.41, 5.74) is 1.70. The molecule has 0 aromatic carbocycles. The molecule has 4 nitrogen and oxygen atoms in total. The minimum absolute atomic E-state index is 0.309. The molecule has 0 amide bonds. The zero-order valence-electron chi connectivity index (χ0n) is 11.8. The summed E-state index contributed by atoms with van der Waals surface area (Å²) >= 11 is 3.53. The van der Waals surface area contributed by atoms with E-state index in [1.807, 2.05) is 29.9 Å². The largest absolute Gasteiger partial charge is 0.360 e. The maximum atomic E-state index is 5.78. The molecule has 1 aliphatic rings. The highest BCUT2D eigenvalue weighted by Gasteiger charge is 2.38. The number of nitrogens with zero attached hydrogens (tertiary/aromatic N) is 2. The molecule has 0 bridgehead atoms. The van der Waals surface area contributed by atoms with Crippen molar-refractivity contribution in [3.05, 3.63) is 40.3 Å². The summed E-state index contributed by atoms with van der Waals surface area (Å²) in [5, 5.41) is 7.84. The molecule has 0 spiro atoms. The first-order chi connectivity index (χ1) is 8.99. The van der Waals surface area contributed by atoms with Crippen LogP contribution in [-0.2, 0) is 11.3 Å². The quantitative estimate of drug-likeness (QED) is 0.924. The molecule has 1 atom stereocenters. The summed E-state index contributed by atoms with van der Waals surface area (Å²) in [7, 11) is 1.74. The molecule has 1 aromatic rings. The van der Waals surface area contributed by atoms with Crippen molar-refractivity contribution in [2.24, 2.45) is 5.92 Å². The predicted molar refractivity (Wildman–Crippen MR) is 79.6 cm³/mol. The number of aryl methyl sites for hydroxylation is 1. The average Bonchev–Trinajstić information content (AvgIpc) is 2.68. The maximum absolute atomic E-state index is 5.78. The van der Waals surface area contributed by atoms with Crippen molar-refractivity contribution in [1.82, 2.24) is 15.1 Å². The lowest BCUT2D eigenvalue weighted by atomic mass is 9.89. The SMILES string of the molecule is COC1(C(C)C)NC=CC=C1Cn1nc(C)cc1Br. The van der Waals surface area contributed by atoms with Crippen LogP contribution < -0.4 is 5.32 Å². The van der Waals surface area contributed by atoms with Gasteiger partial charge in [-0.25, -0.2) is 0 Å². The van der Waals surface area contributed by atoms with Gasteiger partial charge in [0.2, 0.25) is 0 Å². The molecule has 104 valence electrons. The Labute approximate surface area is 122 Å². The molecule has 19 heavy (non-hydrogen) atoms. The summed E-state index contributed by atoms with van der Waals surface area (Å²) in [5.74, 6) is 0.309. The van der Waals surface area contributed by atoms with Crippen LogP contribution in [0.2, 0.25) is 0 Å². The molecule has 0 fully saturated rings. The van der Waals surface area contributed by atoms with Crippen molar-refractivity contribution >= 4 is 15.9 Å². The summed E-state index contributed by atoms with van der Waals surface area (Å²) in [6.07, 6.45) is 6.03. The number of dihydropyridines is 1. The molecule has 1 aromatic heterocycles. The predicted octanol–water partition coefficient (Wildman–Crippen LogP) is 3.00. The highest BCUT2D eigenvalue weighted by molar-refractivity contribution is 9.10. The number of methoxy groups -OCH3 is 1. The monoisotopic (exact) mass is 325 g/mol. The van der Waals surface area contributed by atoms with Gasteiger partial charge in [-0.3, -0.25) is 4.68 Å². The van der Waals surface area contributed by atoms with E-state index < -0.39 is 5.72 Å². The standard InChI is InChI=1S/C14H20BrN3O/c1-10(2)14(19-4)12(6-5-7-16-14)9-18-13(15)8-11(3)17-18/h5-8,10,16H,9H2,1-4H3. The Kier molecular flexibility index (Phi) is 4.16. The third-order valence-corrected chi connectivity index (χ3v) is 4.11. The Morgan fingerprint density at radius 3 is 2.79 bits per heavy atom. The molecular formula is C14H20BrN3O. The lowest BCUT2D eigenvalue weighted by molar-refractivity contribution is -0.0385. The van der Waals surface area contributed by atoms with Crippen LogP contribution in [0.3, 0.4) is 0 Å². The van der Waals surface area contributed by atoms with E-state index in [1.165, 1.54) is 0 Å². The van der Waals surface area contributed by atoms with Crippen molar-refractivity contribution in [1.29, 1.82) is 0 Å². The number of halogens is 1. The average molecular weight is 326 g/mol. The van der Waals surface area contributed by atoms with Gasteiger partial charge in [-0.05, 0) is 41.2 Å². The number of ether oxygens (including phenoxy) is 1. The van der Waals surface area contributed by atoms with E-state index in [0.717, 1.165) is 15.9 Å². The third-order valence-electron chi connectivity index (χ3n) is 3.48. The lowest BCUT2D eigenvalue weighted by Gasteiger charge is -2.40. The van der Waals surface area contributed by atoms with Crippen LogP contribution in [0, 0.1) is 12.8 Å². The minimum atomic E-state index is -0.464. The summed E-state index contributed by atoms with van der Waals surface area (Å²) < 4.78 is 8.71. The van der Waals surface area contributed by atoms with Crippen molar-refractivity contribution in [3.8, 4) is 0 Å². The first-order valence-corrected chi connectivity index (χ1v) is 7.18. The van der Waals surface area contributed by atoms with Crippen LogP contribution in [-0.4, -0.2) is 22.6 Å². The van der Waals surface area contributed by atoms with Gasteiger partial charge < -0.3 is 10.1 Å². The van der Waals surface area contributed by atoms with E-state index >= 15 is 0 Å². The molecule has 2 rings (SSSR count). The minimum Gasteiger partial charge on any atom is -0.360 e. The van der Waals surface area contributed by atoms with Crippen LogP contribution in [0.4, 0.5) is 0 Å². The van der Waals surface area contributed by atoms with Gasteiger partial charge >= 0.3 is 0 Å². The Morgan fingerprint density at radius 1 is 1.53 bits per heavy atom. The van der Waals surface area contributed by atoms with Crippen LogP contribution in [0.1, 0.15) is 19.5 Å². The molecule has 1 aliphatic heterocycles. The molecule has 0 saturated heterocycles. The normalized spacial score (nSPS) is 22.5. The van der Waals surface area contributed by atoms with E-state index in [-0.39, 0.29) is 0 Å². The van der Waals surface area contributed by atoms with Crippen LogP contribution in [0.5, 0.6) is 0 Å². The topological polar surface area (TPSA) is 39.1 Å². The lowest BCUT2D eigenvalue weighted by Crippen LogP contribution is -2.52.